The van der Waals surface area contributed by atoms with Crippen molar-refractivity contribution in [2.75, 3.05) is 19.1 Å². The topological polar surface area (TPSA) is 9.23 Å². The van der Waals surface area contributed by atoms with Gasteiger partial charge in [-0.3, -0.25) is 0 Å². The lowest BCUT2D eigenvalue weighted by Gasteiger charge is -2.17. The summed E-state index contributed by atoms with van der Waals surface area (Å²) >= 11 is 5.33. The van der Waals surface area contributed by atoms with Gasteiger partial charge in [-0.1, -0.05) is 0 Å². The Morgan fingerprint density at radius 2 is 2.00 bits per heavy atom. The lowest BCUT2D eigenvalue weighted by Crippen LogP contribution is -2.30. The number of rotatable bonds is 1. The summed E-state index contributed by atoms with van der Waals surface area (Å²) in [5.41, 5.74) is 0. The van der Waals surface area contributed by atoms with E-state index in [1.54, 1.807) is 0 Å². The standard InChI is InChI=1S/C6H8ClF3O/c7-1-4-2-11-3-5(4)6(8,9)10/h4-5H,1-3H2. The lowest BCUT2D eigenvalue weighted by atomic mass is 9.98. The molecule has 0 bridgehead atoms. The summed E-state index contributed by atoms with van der Waals surface area (Å²) in [5.74, 6) is -1.90. The molecule has 1 fully saturated rings. The maximum atomic E-state index is 12.1. The highest BCUT2D eigenvalue weighted by atomic mass is 35.5. The molecule has 2 unspecified atom stereocenters. The first kappa shape index (κ1) is 9.13. The van der Waals surface area contributed by atoms with Crippen LogP contribution >= 0.6 is 11.6 Å². The van der Waals surface area contributed by atoms with Crippen molar-refractivity contribution in [2.45, 2.75) is 6.18 Å². The maximum Gasteiger partial charge on any atom is 0.394 e. The van der Waals surface area contributed by atoms with Crippen molar-refractivity contribution in [2.24, 2.45) is 11.8 Å². The van der Waals surface area contributed by atoms with Crippen LogP contribution in [0, 0.1) is 11.8 Å². The minimum absolute atomic E-state index is 0.0180. The third-order valence-electron chi connectivity index (χ3n) is 1.82. The Morgan fingerprint density at radius 1 is 1.36 bits per heavy atom. The third-order valence-corrected chi connectivity index (χ3v) is 2.21. The van der Waals surface area contributed by atoms with Crippen LogP contribution in [-0.2, 0) is 4.74 Å². The van der Waals surface area contributed by atoms with Crippen molar-refractivity contribution < 1.29 is 17.9 Å². The van der Waals surface area contributed by atoms with Gasteiger partial charge in [0.05, 0.1) is 19.1 Å². The fourth-order valence-electron chi connectivity index (χ4n) is 1.11. The van der Waals surface area contributed by atoms with Crippen LogP contribution in [0.2, 0.25) is 0 Å². The number of hydrogen-bond donors (Lipinski definition) is 0. The molecular weight excluding hydrogens is 181 g/mol. The summed E-state index contributed by atoms with van der Waals surface area (Å²) in [5, 5.41) is 0. The minimum Gasteiger partial charge on any atom is -0.380 e. The Bertz CT molecular complexity index is 136. The molecule has 11 heavy (non-hydrogen) atoms. The van der Waals surface area contributed by atoms with Crippen LogP contribution in [0.15, 0.2) is 0 Å². The zero-order valence-electron chi connectivity index (χ0n) is 5.70. The van der Waals surface area contributed by atoms with Crippen molar-refractivity contribution in [1.82, 2.24) is 0 Å². The van der Waals surface area contributed by atoms with E-state index in [-0.39, 0.29) is 19.1 Å². The quantitative estimate of drug-likeness (QED) is 0.573. The van der Waals surface area contributed by atoms with Gasteiger partial charge in [0.1, 0.15) is 0 Å². The Hall–Kier alpha value is 0.0400. The Morgan fingerprint density at radius 3 is 2.36 bits per heavy atom. The average Bonchev–Trinajstić information content (AvgIpc) is 2.31. The molecule has 1 aliphatic heterocycles. The molecule has 1 heterocycles. The predicted molar refractivity (Wildman–Crippen MR) is 34.6 cm³/mol. The zero-order chi connectivity index (χ0) is 8.48. The lowest BCUT2D eigenvalue weighted by molar-refractivity contribution is -0.180. The molecule has 0 radical (unpaired) electrons. The summed E-state index contributed by atoms with van der Waals surface area (Å²) in [6.07, 6.45) is -4.16. The van der Waals surface area contributed by atoms with Crippen molar-refractivity contribution in [3.8, 4) is 0 Å². The molecule has 0 N–H and O–H groups in total. The monoisotopic (exact) mass is 188 g/mol. The Kier molecular flexibility index (Phi) is 2.65. The molecule has 1 saturated heterocycles. The second-order valence-electron chi connectivity index (χ2n) is 2.60. The highest BCUT2D eigenvalue weighted by Gasteiger charge is 2.47. The van der Waals surface area contributed by atoms with Crippen LogP contribution in [-0.4, -0.2) is 25.3 Å². The van der Waals surface area contributed by atoms with E-state index >= 15 is 0 Å². The summed E-state index contributed by atoms with van der Waals surface area (Å²) in [4.78, 5) is 0. The van der Waals surface area contributed by atoms with E-state index in [0.29, 0.717) is 0 Å². The number of halogens is 4. The Balaban J connectivity index is 2.57. The molecule has 0 aromatic heterocycles. The molecule has 5 heteroatoms. The highest BCUT2D eigenvalue weighted by molar-refractivity contribution is 6.18. The largest absolute Gasteiger partial charge is 0.394 e. The van der Waals surface area contributed by atoms with Crippen LogP contribution in [0.25, 0.3) is 0 Å². The van der Waals surface area contributed by atoms with E-state index in [0.717, 1.165) is 0 Å². The molecule has 0 spiro atoms. The van der Waals surface area contributed by atoms with Gasteiger partial charge in [-0.15, -0.1) is 11.6 Å². The van der Waals surface area contributed by atoms with E-state index in [9.17, 15) is 13.2 Å². The van der Waals surface area contributed by atoms with E-state index in [1.165, 1.54) is 0 Å². The fourth-order valence-corrected chi connectivity index (χ4v) is 1.42. The minimum atomic E-state index is -4.16. The molecule has 0 aromatic rings. The van der Waals surface area contributed by atoms with Gasteiger partial charge in [-0.25, -0.2) is 0 Å². The molecule has 0 aromatic carbocycles. The van der Waals surface area contributed by atoms with Gasteiger partial charge in [-0.2, -0.15) is 13.2 Å². The van der Waals surface area contributed by atoms with Gasteiger partial charge in [0, 0.05) is 11.8 Å². The molecule has 0 aliphatic carbocycles. The van der Waals surface area contributed by atoms with Gasteiger partial charge in [0.25, 0.3) is 0 Å². The van der Waals surface area contributed by atoms with Crippen LogP contribution in [0.1, 0.15) is 0 Å². The van der Waals surface area contributed by atoms with Crippen molar-refractivity contribution in [3.63, 3.8) is 0 Å². The highest BCUT2D eigenvalue weighted by Crippen LogP contribution is 2.36. The van der Waals surface area contributed by atoms with Crippen LogP contribution < -0.4 is 0 Å². The summed E-state index contributed by atoms with van der Waals surface area (Å²) in [6.45, 7) is -0.103. The second-order valence-corrected chi connectivity index (χ2v) is 2.91. The van der Waals surface area contributed by atoms with Gasteiger partial charge < -0.3 is 4.74 Å². The van der Waals surface area contributed by atoms with Crippen molar-refractivity contribution in [3.05, 3.63) is 0 Å². The zero-order valence-corrected chi connectivity index (χ0v) is 6.45. The molecular formula is C6H8ClF3O. The Labute approximate surface area is 67.5 Å². The van der Waals surface area contributed by atoms with E-state index < -0.39 is 18.0 Å². The fraction of sp³-hybridized carbons (Fsp3) is 1.00. The molecule has 1 rings (SSSR count). The summed E-state index contributed by atoms with van der Waals surface area (Å²) in [7, 11) is 0. The smallest absolute Gasteiger partial charge is 0.380 e. The van der Waals surface area contributed by atoms with Gasteiger partial charge in [0.15, 0.2) is 0 Å². The second kappa shape index (κ2) is 3.19. The van der Waals surface area contributed by atoms with E-state index in [4.69, 9.17) is 11.6 Å². The normalized spacial score (nSPS) is 32.7. The maximum absolute atomic E-state index is 12.1. The first-order valence-corrected chi connectivity index (χ1v) is 3.79. The van der Waals surface area contributed by atoms with Crippen molar-refractivity contribution in [1.29, 1.82) is 0 Å². The average molecular weight is 189 g/mol. The van der Waals surface area contributed by atoms with E-state index in [1.807, 2.05) is 0 Å². The number of alkyl halides is 4. The van der Waals surface area contributed by atoms with Gasteiger partial charge >= 0.3 is 6.18 Å². The molecule has 1 nitrogen and oxygen atoms in total. The van der Waals surface area contributed by atoms with E-state index in [2.05, 4.69) is 4.74 Å². The predicted octanol–water partition coefficient (Wildman–Crippen LogP) is 2.05. The first-order valence-electron chi connectivity index (χ1n) is 3.26. The van der Waals surface area contributed by atoms with Gasteiger partial charge in [0.2, 0.25) is 0 Å². The van der Waals surface area contributed by atoms with Crippen LogP contribution in [0.3, 0.4) is 0 Å². The molecule has 66 valence electrons. The van der Waals surface area contributed by atoms with Crippen molar-refractivity contribution >= 4 is 11.6 Å². The summed E-state index contributed by atoms with van der Waals surface area (Å²) < 4.78 is 40.9. The number of ether oxygens (including phenoxy) is 1. The van der Waals surface area contributed by atoms with Gasteiger partial charge in [-0.05, 0) is 0 Å². The first-order chi connectivity index (χ1) is 5.05. The summed E-state index contributed by atoms with van der Waals surface area (Å²) in [6, 6.07) is 0. The van der Waals surface area contributed by atoms with Crippen LogP contribution in [0.4, 0.5) is 13.2 Å². The molecule has 2 atom stereocenters. The third kappa shape index (κ3) is 1.99. The molecule has 0 amide bonds. The number of hydrogen-bond acceptors (Lipinski definition) is 1. The molecule has 0 saturated carbocycles. The van der Waals surface area contributed by atoms with Crippen LogP contribution in [0.5, 0.6) is 0 Å². The SMILES string of the molecule is FC(F)(F)C1COCC1CCl. The molecule has 1 aliphatic rings.